The zero-order valence-corrected chi connectivity index (χ0v) is 15.0. The first kappa shape index (κ1) is 16.2. The standard InChI is InChI=1S/C18H33BSi/c1-4-5-6-7-14-20(2,3)15-13-16-11-12-17-9-8-10-18(16)19-17/h16-19H,4-12,14H2,1-3H3. The summed E-state index contributed by atoms with van der Waals surface area (Å²) in [6.07, 6.45) is 12.9. The molecule has 3 unspecified atom stereocenters. The zero-order valence-electron chi connectivity index (χ0n) is 14.0. The van der Waals surface area contributed by atoms with Crippen LogP contribution in [0.5, 0.6) is 0 Å². The number of fused-ring (bicyclic) bond motifs is 2. The van der Waals surface area contributed by atoms with Crippen LogP contribution >= 0.6 is 0 Å². The van der Waals surface area contributed by atoms with Gasteiger partial charge < -0.3 is 0 Å². The van der Waals surface area contributed by atoms with Gasteiger partial charge in [0.25, 0.3) is 0 Å². The summed E-state index contributed by atoms with van der Waals surface area (Å²) in [5.41, 5.74) is 3.80. The third kappa shape index (κ3) is 4.99. The van der Waals surface area contributed by atoms with E-state index in [1.165, 1.54) is 71.1 Å². The van der Waals surface area contributed by atoms with Crippen LogP contribution in [-0.2, 0) is 0 Å². The third-order valence-corrected chi connectivity index (χ3v) is 7.95. The highest BCUT2D eigenvalue weighted by Crippen LogP contribution is 2.44. The van der Waals surface area contributed by atoms with E-state index in [2.05, 4.69) is 31.5 Å². The van der Waals surface area contributed by atoms with Crippen molar-refractivity contribution in [2.75, 3.05) is 0 Å². The highest BCUT2D eigenvalue weighted by atomic mass is 28.3. The molecule has 0 aromatic carbocycles. The monoisotopic (exact) mass is 288 g/mol. The molecule has 0 aromatic heterocycles. The van der Waals surface area contributed by atoms with Gasteiger partial charge in [0.05, 0.1) is 0 Å². The van der Waals surface area contributed by atoms with Crippen LogP contribution < -0.4 is 0 Å². The normalized spacial score (nSPS) is 29.2. The Morgan fingerprint density at radius 2 is 1.90 bits per heavy atom. The Kier molecular flexibility index (Phi) is 6.27. The van der Waals surface area contributed by atoms with E-state index in [0.29, 0.717) is 0 Å². The van der Waals surface area contributed by atoms with Gasteiger partial charge in [-0.05, 0) is 12.5 Å². The van der Waals surface area contributed by atoms with Gasteiger partial charge in [0.15, 0.2) is 0 Å². The van der Waals surface area contributed by atoms with Gasteiger partial charge in [-0.1, -0.05) is 83.0 Å². The molecule has 0 nitrogen and oxygen atoms in total. The van der Waals surface area contributed by atoms with Crippen LogP contribution in [0.1, 0.15) is 64.7 Å². The summed E-state index contributed by atoms with van der Waals surface area (Å²) in [5.74, 6) is 6.55. The van der Waals surface area contributed by atoms with Gasteiger partial charge in [-0.3, -0.25) is 0 Å². The van der Waals surface area contributed by atoms with Gasteiger partial charge in [-0.15, -0.1) is 11.5 Å². The van der Waals surface area contributed by atoms with Gasteiger partial charge in [0, 0.05) is 5.92 Å². The average Bonchev–Trinajstić information content (AvgIpc) is 2.43. The van der Waals surface area contributed by atoms with Crippen LogP contribution in [0.25, 0.3) is 0 Å². The van der Waals surface area contributed by atoms with Crippen LogP contribution in [0.4, 0.5) is 0 Å². The van der Waals surface area contributed by atoms with Crippen molar-refractivity contribution in [1.29, 1.82) is 0 Å². The summed E-state index contributed by atoms with van der Waals surface area (Å²) < 4.78 is 0. The second kappa shape index (κ2) is 7.74. The maximum absolute atomic E-state index is 3.80. The molecule has 0 spiro atoms. The molecule has 2 saturated heterocycles. The number of unbranched alkanes of at least 4 members (excludes halogenated alkanes) is 3. The smallest absolute Gasteiger partial charge is 0.131 e. The molecule has 2 fully saturated rings. The Morgan fingerprint density at radius 1 is 1.05 bits per heavy atom. The predicted molar refractivity (Wildman–Crippen MR) is 95.4 cm³/mol. The fourth-order valence-electron chi connectivity index (χ4n) is 4.15. The maximum atomic E-state index is 3.80. The van der Waals surface area contributed by atoms with Crippen molar-refractivity contribution < 1.29 is 0 Å². The second-order valence-corrected chi connectivity index (χ2v) is 12.5. The SMILES string of the molecule is CCCCCC[Si](C)(C)C#CC1CCC2BC1CCC2. The minimum Gasteiger partial charge on any atom is -0.131 e. The zero-order chi connectivity index (χ0) is 14.4. The van der Waals surface area contributed by atoms with Crippen molar-refractivity contribution in [3.8, 4) is 11.5 Å². The molecular formula is C18H33BSi. The van der Waals surface area contributed by atoms with Crippen molar-refractivity contribution in [2.45, 2.75) is 95.5 Å². The van der Waals surface area contributed by atoms with E-state index >= 15 is 0 Å². The van der Waals surface area contributed by atoms with E-state index in [9.17, 15) is 0 Å². The summed E-state index contributed by atoms with van der Waals surface area (Å²) in [4.78, 5) is 0. The fourth-order valence-corrected chi connectivity index (χ4v) is 5.98. The summed E-state index contributed by atoms with van der Waals surface area (Å²) in [6, 6.07) is 1.42. The molecule has 0 aromatic rings. The molecule has 0 aliphatic carbocycles. The highest BCUT2D eigenvalue weighted by molar-refractivity contribution is 6.85. The van der Waals surface area contributed by atoms with Crippen LogP contribution in [0.15, 0.2) is 0 Å². The van der Waals surface area contributed by atoms with Crippen molar-refractivity contribution in [3.63, 3.8) is 0 Å². The van der Waals surface area contributed by atoms with Gasteiger partial charge in [0.2, 0.25) is 0 Å². The second-order valence-electron chi connectivity index (χ2n) is 7.94. The minimum absolute atomic E-state index is 0.758. The molecular weight excluding hydrogens is 255 g/mol. The lowest BCUT2D eigenvalue weighted by molar-refractivity contribution is 0.399. The van der Waals surface area contributed by atoms with E-state index in [1.807, 2.05) is 0 Å². The average molecular weight is 288 g/mol. The number of rotatable bonds is 5. The third-order valence-electron chi connectivity index (χ3n) is 5.53. The molecule has 2 bridgehead atoms. The quantitative estimate of drug-likeness (QED) is 0.360. The number of hydrogen-bond acceptors (Lipinski definition) is 0. The van der Waals surface area contributed by atoms with E-state index in [1.54, 1.807) is 0 Å². The summed E-state index contributed by atoms with van der Waals surface area (Å²) in [6.45, 7) is 7.26. The van der Waals surface area contributed by atoms with Crippen LogP contribution in [-0.4, -0.2) is 15.4 Å². The van der Waals surface area contributed by atoms with E-state index in [0.717, 1.165) is 17.6 Å². The summed E-state index contributed by atoms with van der Waals surface area (Å²) in [7, 11) is 0.258. The first-order valence-corrected chi connectivity index (χ1v) is 12.3. The Labute approximate surface area is 128 Å². The Balaban J connectivity index is 1.82. The van der Waals surface area contributed by atoms with Crippen molar-refractivity contribution >= 4 is 15.4 Å². The van der Waals surface area contributed by atoms with Crippen LogP contribution in [0.2, 0.25) is 30.8 Å². The lowest BCUT2D eigenvalue weighted by atomic mass is 9.41. The van der Waals surface area contributed by atoms with Crippen molar-refractivity contribution in [3.05, 3.63) is 0 Å². The van der Waals surface area contributed by atoms with E-state index in [-0.39, 0.29) is 0 Å². The fraction of sp³-hybridized carbons (Fsp3) is 0.889. The lowest BCUT2D eigenvalue weighted by Gasteiger charge is -2.37. The molecule has 0 N–H and O–H groups in total. The van der Waals surface area contributed by atoms with Crippen LogP contribution in [0, 0.1) is 17.4 Å². The summed E-state index contributed by atoms with van der Waals surface area (Å²) in [5, 5.41) is 0. The Bertz CT molecular complexity index is 352. The minimum atomic E-state index is -1.24. The predicted octanol–water partition coefficient (Wildman–Crippen LogP) is 5.43. The molecule has 3 atom stereocenters. The Hall–Kier alpha value is -0.158. The molecule has 2 rings (SSSR count). The maximum Gasteiger partial charge on any atom is 0.132 e. The molecule has 112 valence electrons. The largest absolute Gasteiger partial charge is 0.132 e. The molecule has 20 heavy (non-hydrogen) atoms. The van der Waals surface area contributed by atoms with Gasteiger partial charge in [0.1, 0.15) is 15.4 Å². The molecule has 2 aliphatic rings. The first-order chi connectivity index (χ1) is 9.61. The van der Waals surface area contributed by atoms with E-state index in [4.69, 9.17) is 0 Å². The molecule has 0 radical (unpaired) electrons. The molecule has 0 saturated carbocycles. The molecule has 2 heterocycles. The molecule has 2 heteroatoms. The molecule has 2 aliphatic heterocycles. The topological polar surface area (TPSA) is 0 Å². The number of hydrogen-bond donors (Lipinski definition) is 0. The highest BCUT2D eigenvalue weighted by Gasteiger charge is 2.33. The summed E-state index contributed by atoms with van der Waals surface area (Å²) >= 11 is 0. The molecule has 0 amide bonds. The van der Waals surface area contributed by atoms with Gasteiger partial charge >= 0.3 is 0 Å². The van der Waals surface area contributed by atoms with Gasteiger partial charge in [-0.2, -0.15) is 0 Å². The first-order valence-electron chi connectivity index (χ1n) is 9.13. The van der Waals surface area contributed by atoms with E-state index < -0.39 is 8.07 Å². The van der Waals surface area contributed by atoms with Crippen molar-refractivity contribution in [2.24, 2.45) is 5.92 Å². The lowest BCUT2D eigenvalue weighted by Crippen LogP contribution is -2.29. The van der Waals surface area contributed by atoms with Gasteiger partial charge in [-0.25, -0.2) is 0 Å². The van der Waals surface area contributed by atoms with Crippen molar-refractivity contribution in [1.82, 2.24) is 0 Å². The Morgan fingerprint density at radius 3 is 2.70 bits per heavy atom. The van der Waals surface area contributed by atoms with Crippen LogP contribution in [0.3, 0.4) is 0 Å².